The van der Waals surface area contributed by atoms with E-state index in [1.54, 1.807) is 36.5 Å². The molecule has 0 aliphatic heterocycles. The molecular formula is C19H15N3O4S2. The van der Waals surface area contributed by atoms with Crippen LogP contribution >= 0.6 is 22.7 Å². The zero-order valence-corrected chi connectivity index (χ0v) is 16.4. The molecular weight excluding hydrogens is 398 g/mol. The Bertz CT molecular complexity index is 1120. The van der Waals surface area contributed by atoms with E-state index >= 15 is 0 Å². The number of amides is 1. The Morgan fingerprint density at radius 1 is 1.25 bits per heavy atom. The molecule has 0 spiro atoms. The number of thiazole rings is 1. The number of carbonyl (C=O) groups excluding carboxylic acids is 2. The minimum atomic E-state index is -0.941. The molecule has 3 heterocycles. The van der Waals surface area contributed by atoms with Crippen molar-refractivity contribution in [1.82, 2.24) is 9.97 Å². The number of fused-ring (bicyclic) bond motifs is 1. The van der Waals surface area contributed by atoms with Crippen LogP contribution in [0.3, 0.4) is 0 Å². The van der Waals surface area contributed by atoms with Crippen molar-refractivity contribution in [3.63, 3.8) is 0 Å². The van der Waals surface area contributed by atoms with Crippen LogP contribution < -0.4 is 5.32 Å². The average molecular weight is 413 g/mol. The summed E-state index contributed by atoms with van der Waals surface area (Å²) in [4.78, 5) is 34.6. The highest BCUT2D eigenvalue weighted by Gasteiger charge is 2.24. The smallest absolute Gasteiger partial charge is 0.341 e. The molecule has 1 amide bonds. The first-order valence-electron chi connectivity index (χ1n) is 8.49. The van der Waals surface area contributed by atoms with Crippen LogP contribution in [0.15, 0.2) is 51.9 Å². The average Bonchev–Trinajstić information content (AvgIpc) is 3.46. The molecule has 0 saturated carbocycles. The third-order valence-corrected chi connectivity index (χ3v) is 5.65. The molecule has 142 valence electrons. The summed E-state index contributed by atoms with van der Waals surface area (Å²) in [5.41, 5.74) is 1.95. The number of nitrogens with one attached hydrogen (secondary N) is 1. The molecule has 0 bridgehead atoms. The molecule has 4 aromatic rings. The maximum atomic E-state index is 12.6. The highest BCUT2D eigenvalue weighted by molar-refractivity contribution is 7.16. The van der Waals surface area contributed by atoms with Crippen molar-refractivity contribution < 1.29 is 18.7 Å². The zero-order chi connectivity index (χ0) is 19.5. The van der Waals surface area contributed by atoms with E-state index in [2.05, 4.69) is 15.3 Å². The SMILES string of the molecule is CCC(OC(=O)c1cccc2ocnc12)C(=O)Nc1nc(-c2cccs2)cs1. The molecule has 1 aromatic carbocycles. The molecule has 0 fully saturated rings. The van der Waals surface area contributed by atoms with Gasteiger partial charge in [0.1, 0.15) is 5.52 Å². The van der Waals surface area contributed by atoms with E-state index in [9.17, 15) is 9.59 Å². The van der Waals surface area contributed by atoms with Gasteiger partial charge >= 0.3 is 5.97 Å². The normalized spacial score (nSPS) is 12.0. The lowest BCUT2D eigenvalue weighted by Gasteiger charge is -2.15. The van der Waals surface area contributed by atoms with Crippen LogP contribution in [0.1, 0.15) is 23.7 Å². The number of carbonyl (C=O) groups is 2. The van der Waals surface area contributed by atoms with Crippen molar-refractivity contribution >= 4 is 50.8 Å². The monoisotopic (exact) mass is 413 g/mol. The summed E-state index contributed by atoms with van der Waals surface area (Å²) in [6.45, 7) is 1.77. The van der Waals surface area contributed by atoms with E-state index in [1.165, 1.54) is 17.7 Å². The number of rotatable bonds is 6. The van der Waals surface area contributed by atoms with Gasteiger partial charge in [-0.15, -0.1) is 22.7 Å². The Hall–Kier alpha value is -3.04. The highest BCUT2D eigenvalue weighted by atomic mass is 32.1. The summed E-state index contributed by atoms with van der Waals surface area (Å²) in [6, 6.07) is 8.88. The van der Waals surface area contributed by atoms with Gasteiger partial charge in [-0.2, -0.15) is 0 Å². The van der Waals surface area contributed by atoms with Gasteiger partial charge in [0.25, 0.3) is 5.91 Å². The lowest BCUT2D eigenvalue weighted by atomic mass is 10.2. The van der Waals surface area contributed by atoms with Gasteiger partial charge in [-0.1, -0.05) is 19.1 Å². The topological polar surface area (TPSA) is 94.3 Å². The molecule has 1 unspecified atom stereocenters. The lowest BCUT2D eigenvalue weighted by Crippen LogP contribution is -2.32. The van der Waals surface area contributed by atoms with Gasteiger partial charge in [-0.3, -0.25) is 10.1 Å². The molecule has 0 aliphatic carbocycles. The number of esters is 1. The Kier molecular flexibility index (Phi) is 5.18. The highest BCUT2D eigenvalue weighted by Crippen LogP contribution is 2.28. The molecule has 1 atom stereocenters. The first kappa shape index (κ1) is 18.3. The van der Waals surface area contributed by atoms with E-state index in [0.717, 1.165) is 10.6 Å². The van der Waals surface area contributed by atoms with Gasteiger partial charge in [-0.25, -0.2) is 14.8 Å². The van der Waals surface area contributed by atoms with Crippen LogP contribution in [0.2, 0.25) is 0 Å². The van der Waals surface area contributed by atoms with E-state index < -0.39 is 18.0 Å². The number of para-hydroxylation sites is 1. The molecule has 0 saturated heterocycles. The number of aromatic nitrogens is 2. The summed E-state index contributed by atoms with van der Waals surface area (Å²) in [5, 5.41) is 7.03. The number of thiophene rings is 1. The van der Waals surface area contributed by atoms with Crippen molar-refractivity contribution in [2.45, 2.75) is 19.4 Å². The van der Waals surface area contributed by atoms with Crippen LogP contribution in [0.5, 0.6) is 0 Å². The second-order valence-electron chi connectivity index (χ2n) is 5.81. The van der Waals surface area contributed by atoms with Gasteiger partial charge in [0.15, 0.2) is 23.2 Å². The second kappa shape index (κ2) is 7.91. The minimum Gasteiger partial charge on any atom is -0.449 e. The summed E-state index contributed by atoms with van der Waals surface area (Å²) in [6.07, 6.45) is 0.651. The molecule has 28 heavy (non-hydrogen) atoms. The molecule has 4 rings (SSSR count). The van der Waals surface area contributed by atoms with Crippen molar-refractivity contribution in [3.05, 3.63) is 53.0 Å². The number of hydrogen-bond acceptors (Lipinski definition) is 8. The van der Waals surface area contributed by atoms with Crippen LogP contribution in [0, 0.1) is 0 Å². The third-order valence-electron chi connectivity index (χ3n) is 4.00. The van der Waals surface area contributed by atoms with Gasteiger partial charge in [0.2, 0.25) is 0 Å². The number of ether oxygens (including phenoxy) is 1. The molecule has 3 aromatic heterocycles. The van der Waals surface area contributed by atoms with Crippen LogP contribution in [0.25, 0.3) is 21.7 Å². The summed E-state index contributed by atoms with van der Waals surface area (Å²) in [5.74, 6) is -1.05. The van der Waals surface area contributed by atoms with Crippen molar-refractivity contribution in [3.8, 4) is 10.6 Å². The van der Waals surface area contributed by atoms with Gasteiger partial charge in [0.05, 0.1) is 16.1 Å². The van der Waals surface area contributed by atoms with Crippen molar-refractivity contribution in [1.29, 1.82) is 0 Å². The first-order valence-corrected chi connectivity index (χ1v) is 10.2. The van der Waals surface area contributed by atoms with E-state index in [0.29, 0.717) is 22.7 Å². The van der Waals surface area contributed by atoms with Gasteiger partial charge in [0, 0.05) is 5.38 Å². The number of benzene rings is 1. The van der Waals surface area contributed by atoms with Crippen molar-refractivity contribution in [2.24, 2.45) is 0 Å². The fourth-order valence-corrected chi connectivity index (χ4v) is 4.09. The Balaban J connectivity index is 1.45. The predicted octanol–water partition coefficient (Wildman–Crippen LogP) is 4.59. The first-order chi connectivity index (χ1) is 13.7. The van der Waals surface area contributed by atoms with Crippen LogP contribution in [0.4, 0.5) is 5.13 Å². The van der Waals surface area contributed by atoms with Crippen LogP contribution in [-0.4, -0.2) is 27.9 Å². The molecule has 7 nitrogen and oxygen atoms in total. The summed E-state index contributed by atoms with van der Waals surface area (Å²) < 4.78 is 10.6. The molecule has 9 heteroatoms. The fraction of sp³-hybridized carbons (Fsp3) is 0.158. The minimum absolute atomic E-state index is 0.256. The Morgan fingerprint density at radius 3 is 2.93 bits per heavy atom. The van der Waals surface area contributed by atoms with Crippen molar-refractivity contribution in [2.75, 3.05) is 5.32 Å². The predicted molar refractivity (Wildman–Crippen MR) is 108 cm³/mol. The number of anilines is 1. The Labute approximate surface area is 168 Å². The van der Waals surface area contributed by atoms with Gasteiger partial charge in [-0.05, 0) is 30.0 Å². The fourth-order valence-electron chi connectivity index (χ4n) is 2.62. The Morgan fingerprint density at radius 2 is 2.14 bits per heavy atom. The second-order valence-corrected chi connectivity index (χ2v) is 7.62. The maximum absolute atomic E-state index is 12.6. The quantitative estimate of drug-likeness (QED) is 0.465. The largest absolute Gasteiger partial charge is 0.449 e. The lowest BCUT2D eigenvalue weighted by molar-refractivity contribution is -0.124. The number of nitrogens with zero attached hydrogens (tertiary/aromatic N) is 2. The maximum Gasteiger partial charge on any atom is 0.341 e. The summed E-state index contributed by atoms with van der Waals surface area (Å²) >= 11 is 2.90. The standard InChI is InChI=1S/C19H15N3O4S2/c1-2-13(26-18(24)11-5-3-6-14-16(11)20-10-25-14)17(23)22-19-21-12(9-28-19)15-7-4-8-27-15/h3-10,13H,2H2,1H3,(H,21,22,23). The van der Waals surface area contributed by atoms with Crippen LogP contribution in [-0.2, 0) is 9.53 Å². The van der Waals surface area contributed by atoms with E-state index in [1.807, 2.05) is 22.9 Å². The summed E-state index contributed by atoms with van der Waals surface area (Å²) in [7, 11) is 0. The van der Waals surface area contributed by atoms with E-state index in [4.69, 9.17) is 9.15 Å². The molecule has 0 aliphatic rings. The van der Waals surface area contributed by atoms with E-state index in [-0.39, 0.29) is 5.56 Å². The zero-order valence-electron chi connectivity index (χ0n) is 14.7. The molecule has 1 N–H and O–H groups in total. The number of hydrogen-bond donors (Lipinski definition) is 1. The van der Waals surface area contributed by atoms with Gasteiger partial charge < -0.3 is 9.15 Å². The molecule has 0 radical (unpaired) electrons. The number of oxazole rings is 1. The third kappa shape index (κ3) is 3.67.